The zero-order valence-corrected chi connectivity index (χ0v) is 28.6. The van der Waals surface area contributed by atoms with Gasteiger partial charge in [-0.15, -0.1) is 0 Å². The SMILES string of the molecule is Cc1c2ccc(C=O)cc2nn1Cc1ccc(C(F)(F)F)cc1C(F)(F)F.O=Cc1ccc2c(Br)n(Cc3ccc(C(F)(F)F)cc3C(F)(F)F)nc2c1. The highest BCUT2D eigenvalue weighted by molar-refractivity contribution is 9.10. The number of nitrogens with zero attached hydrogens (tertiary/aromatic N) is 4. The van der Waals surface area contributed by atoms with Gasteiger partial charge in [0.15, 0.2) is 0 Å². The Morgan fingerprint density at radius 3 is 1.39 bits per heavy atom. The van der Waals surface area contributed by atoms with Gasteiger partial charge < -0.3 is 0 Å². The Morgan fingerprint density at radius 1 is 0.556 bits per heavy atom. The van der Waals surface area contributed by atoms with Gasteiger partial charge in [-0.3, -0.25) is 19.0 Å². The second-order valence-corrected chi connectivity index (χ2v) is 12.5. The van der Waals surface area contributed by atoms with Crippen molar-refractivity contribution < 1.29 is 62.3 Å². The maximum absolute atomic E-state index is 13.3. The average Bonchev–Trinajstić information content (AvgIpc) is 3.56. The summed E-state index contributed by atoms with van der Waals surface area (Å²) < 4.78 is 159. The number of benzene rings is 4. The van der Waals surface area contributed by atoms with Gasteiger partial charge in [-0.1, -0.05) is 30.3 Å². The number of hydrogen-bond acceptors (Lipinski definition) is 4. The molecule has 0 spiro atoms. The summed E-state index contributed by atoms with van der Waals surface area (Å²) in [6, 6.07) is 12.2. The number of carbonyl (C=O) groups is 2. The van der Waals surface area contributed by atoms with E-state index in [9.17, 15) is 62.3 Å². The molecular weight excluding hydrogens is 816 g/mol. The van der Waals surface area contributed by atoms with Gasteiger partial charge in [0, 0.05) is 27.6 Å². The molecule has 19 heteroatoms. The smallest absolute Gasteiger partial charge is 0.298 e. The lowest BCUT2D eigenvalue weighted by atomic mass is 10.0. The standard InChI is InChI=1S/C18H12F6N2O.C17H9BrF6N2O/c1-10-14-5-2-11(9-27)6-16(14)25-26(10)8-12-3-4-13(17(19,20)21)7-15(12)18(22,23)24;18-15-12-4-1-9(8-27)5-14(12)25-26(15)7-10-2-3-11(16(19,20)21)6-13(10)17(22,23)24/h2-7,9H,8H2,1H3;1-6,8H,7H2. The summed E-state index contributed by atoms with van der Waals surface area (Å²) in [4.78, 5) is 21.7. The van der Waals surface area contributed by atoms with Crippen LogP contribution in [-0.4, -0.2) is 32.1 Å². The molecular formula is C35H21BrF12N4O2. The van der Waals surface area contributed by atoms with Gasteiger partial charge in [0.1, 0.15) is 17.2 Å². The second kappa shape index (κ2) is 14.6. The first-order valence-electron chi connectivity index (χ1n) is 15.1. The van der Waals surface area contributed by atoms with Gasteiger partial charge in [0.25, 0.3) is 0 Å². The zero-order valence-electron chi connectivity index (χ0n) is 27.0. The van der Waals surface area contributed by atoms with Crippen LogP contribution in [0.5, 0.6) is 0 Å². The fourth-order valence-electron chi connectivity index (χ4n) is 5.44. The molecule has 0 amide bonds. The molecule has 2 heterocycles. The van der Waals surface area contributed by atoms with Crippen molar-refractivity contribution in [1.29, 1.82) is 0 Å². The van der Waals surface area contributed by atoms with E-state index in [0.717, 1.165) is 12.1 Å². The fraction of sp³-hybridized carbons (Fsp3) is 0.200. The minimum atomic E-state index is -4.96. The summed E-state index contributed by atoms with van der Waals surface area (Å²) in [6.07, 6.45) is -18.4. The van der Waals surface area contributed by atoms with Crippen molar-refractivity contribution in [1.82, 2.24) is 19.6 Å². The van der Waals surface area contributed by atoms with Gasteiger partial charge in [-0.05, 0) is 76.4 Å². The van der Waals surface area contributed by atoms with E-state index in [1.807, 2.05) is 0 Å². The number of rotatable bonds is 6. The Kier molecular flexibility index (Phi) is 10.8. The summed E-state index contributed by atoms with van der Waals surface area (Å²) in [6.45, 7) is 0.871. The lowest BCUT2D eigenvalue weighted by Crippen LogP contribution is -2.15. The lowest BCUT2D eigenvalue weighted by Gasteiger charge is -2.16. The first-order chi connectivity index (χ1) is 25.0. The van der Waals surface area contributed by atoms with Gasteiger partial charge in [0.05, 0.1) is 46.4 Å². The van der Waals surface area contributed by atoms with Crippen molar-refractivity contribution in [2.75, 3.05) is 0 Å². The van der Waals surface area contributed by atoms with Crippen LogP contribution in [0, 0.1) is 6.92 Å². The second-order valence-electron chi connectivity index (χ2n) is 11.7. The van der Waals surface area contributed by atoms with Crippen LogP contribution in [0.25, 0.3) is 21.8 Å². The normalized spacial score (nSPS) is 12.6. The minimum Gasteiger partial charge on any atom is -0.298 e. The first kappa shape index (κ1) is 40.0. The van der Waals surface area contributed by atoms with Crippen LogP contribution in [0.3, 0.4) is 0 Å². The average molecular weight is 837 g/mol. The number of carbonyl (C=O) groups excluding carboxylic acids is 2. The largest absolute Gasteiger partial charge is 0.416 e. The van der Waals surface area contributed by atoms with Crippen LogP contribution in [0.15, 0.2) is 77.4 Å². The topological polar surface area (TPSA) is 69.8 Å². The van der Waals surface area contributed by atoms with Gasteiger partial charge >= 0.3 is 24.7 Å². The van der Waals surface area contributed by atoms with E-state index in [1.54, 1.807) is 25.1 Å². The highest BCUT2D eigenvalue weighted by Crippen LogP contribution is 2.39. The minimum absolute atomic E-state index is 0.0942. The van der Waals surface area contributed by atoms with Crippen molar-refractivity contribution in [2.24, 2.45) is 0 Å². The molecule has 0 N–H and O–H groups in total. The van der Waals surface area contributed by atoms with E-state index in [2.05, 4.69) is 26.1 Å². The van der Waals surface area contributed by atoms with Gasteiger partial charge in [-0.25, -0.2) is 0 Å². The van der Waals surface area contributed by atoms with Crippen LogP contribution >= 0.6 is 15.9 Å². The summed E-state index contributed by atoms with van der Waals surface area (Å²) in [5.41, 5.74) is -4.15. The highest BCUT2D eigenvalue weighted by atomic mass is 79.9. The van der Waals surface area contributed by atoms with Crippen molar-refractivity contribution >= 4 is 50.3 Å². The van der Waals surface area contributed by atoms with Gasteiger partial charge in [0.2, 0.25) is 0 Å². The summed E-state index contributed by atoms with van der Waals surface area (Å²) >= 11 is 3.23. The molecule has 2 aromatic heterocycles. The molecule has 0 saturated carbocycles. The van der Waals surface area contributed by atoms with E-state index >= 15 is 0 Å². The first-order valence-corrected chi connectivity index (χ1v) is 15.9. The van der Waals surface area contributed by atoms with Crippen LogP contribution in [0.1, 0.15) is 59.8 Å². The molecule has 284 valence electrons. The number of halogens is 13. The molecule has 0 atom stereocenters. The summed E-state index contributed by atoms with van der Waals surface area (Å²) in [7, 11) is 0. The van der Waals surface area contributed by atoms with Crippen molar-refractivity contribution in [3.63, 3.8) is 0 Å². The van der Waals surface area contributed by atoms with Crippen LogP contribution in [-0.2, 0) is 37.8 Å². The molecule has 4 aromatic carbocycles. The van der Waals surface area contributed by atoms with Crippen molar-refractivity contribution in [2.45, 2.75) is 44.7 Å². The molecule has 0 saturated heterocycles. The third-order valence-corrected chi connectivity index (χ3v) is 8.96. The Balaban J connectivity index is 0.000000208. The molecule has 0 aliphatic carbocycles. The van der Waals surface area contributed by atoms with E-state index in [0.29, 0.717) is 67.9 Å². The number of alkyl halides is 12. The van der Waals surface area contributed by atoms with E-state index in [4.69, 9.17) is 0 Å². The van der Waals surface area contributed by atoms with Gasteiger partial charge in [-0.2, -0.15) is 62.9 Å². The van der Waals surface area contributed by atoms with E-state index in [-0.39, 0.29) is 29.8 Å². The molecule has 54 heavy (non-hydrogen) atoms. The quantitative estimate of drug-likeness (QED) is 0.124. The molecule has 0 radical (unpaired) electrons. The molecule has 0 fully saturated rings. The third-order valence-electron chi connectivity index (χ3n) is 8.12. The number of aromatic nitrogens is 4. The maximum Gasteiger partial charge on any atom is 0.416 e. The predicted octanol–water partition coefficient (Wildman–Crippen LogP) is 10.9. The molecule has 6 aromatic rings. The molecule has 6 rings (SSSR count). The Hall–Kier alpha value is -5.20. The van der Waals surface area contributed by atoms with Crippen LogP contribution < -0.4 is 0 Å². The molecule has 0 aliphatic rings. The van der Waals surface area contributed by atoms with E-state index in [1.165, 1.54) is 27.6 Å². The van der Waals surface area contributed by atoms with Crippen LogP contribution in [0.2, 0.25) is 0 Å². The lowest BCUT2D eigenvalue weighted by molar-refractivity contribution is -0.145. The highest BCUT2D eigenvalue weighted by Gasteiger charge is 2.39. The molecule has 0 aliphatic heterocycles. The Bertz CT molecular complexity index is 2210. The molecule has 0 bridgehead atoms. The van der Waals surface area contributed by atoms with E-state index < -0.39 is 53.5 Å². The Labute approximate surface area is 304 Å². The van der Waals surface area contributed by atoms with Crippen molar-refractivity contribution in [3.05, 3.63) is 128 Å². The summed E-state index contributed by atoms with van der Waals surface area (Å²) in [5.74, 6) is 0. The Morgan fingerprint density at radius 2 is 0.963 bits per heavy atom. The number of fused-ring (bicyclic) bond motifs is 2. The number of hydrogen-bond donors (Lipinski definition) is 0. The summed E-state index contributed by atoms with van der Waals surface area (Å²) in [5, 5.41) is 9.51. The monoisotopic (exact) mass is 836 g/mol. The van der Waals surface area contributed by atoms with Crippen molar-refractivity contribution in [3.8, 4) is 0 Å². The predicted molar refractivity (Wildman–Crippen MR) is 174 cm³/mol. The zero-order chi connectivity index (χ0) is 40.0. The van der Waals surface area contributed by atoms with Crippen LogP contribution in [0.4, 0.5) is 52.7 Å². The molecule has 0 unspecified atom stereocenters. The maximum atomic E-state index is 13.3. The number of aldehydes is 2. The molecule has 6 nitrogen and oxygen atoms in total. The fourth-order valence-corrected chi connectivity index (χ4v) is 5.98. The number of aryl methyl sites for hydroxylation is 1. The third kappa shape index (κ3) is 8.61.